The van der Waals surface area contributed by atoms with Crippen molar-refractivity contribution in [3.63, 3.8) is 0 Å². The standard InChI is InChI=1S/C16H23N3O3S/c1-16(11-17)8-10-18(12-16)23(21,22)14-6-4-13(5-7-14)19-9-2-3-15(19)20/h4-7H,2-3,8-12,17H2,1H3. The summed E-state index contributed by atoms with van der Waals surface area (Å²) in [6, 6.07) is 6.62. The lowest BCUT2D eigenvalue weighted by Crippen LogP contribution is -2.34. The molecule has 1 atom stereocenters. The summed E-state index contributed by atoms with van der Waals surface area (Å²) in [5.41, 5.74) is 6.38. The number of anilines is 1. The fraction of sp³-hybridized carbons (Fsp3) is 0.562. The number of hydrogen-bond acceptors (Lipinski definition) is 4. The number of sulfonamides is 1. The summed E-state index contributed by atoms with van der Waals surface area (Å²) in [5, 5.41) is 0. The van der Waals surface area contributed by atoms with Crippen LogP contribution in [0, 0.1) is 5.41 Å². The van der Waals surface area contributed by atoms with E-state index in [1.54, 1.807) is 29.2 Å². The highest BCUT2D eigenvalue weighted by Crippen LogP contribution is 2.33. The second-order valence-electron chi connectivity index (χ2n) is 6.75. The van der Waals surface area contributed by atoms with Crippen molar-refractivity contribution in [2.45, 2.75) is 31.1 Å². The Balaban J connectivity index is 1.80. The van der Waals surface area contributed by atoms with Crippen molar-refractivity contribution in [2.75, 3.05) is 31.1 Å². The number of carbonyl (C=O) groups excluding carboxylic acids is 1. The van der Waals surface area contributed by atoms with E-state index in [-0.39, 0.29) is 16.2 Å². The highest BCUT2D eigenvalue weighted by Gasteiger charge is 2.39. The van der Waals surface area contributed by atoms with Gasteiger partial charge >= 0.3 is 0 Å². The molecule has 2 N–H and O–H groups in total. The van der Waals surface area contributed by atoms with E-state index in [9.17, 15) is 13.2 Å². The SMILES string of the molecule is CC1(CN)CCN(S(=O)(=O)c2ccc(N3CCCC3=O)cc2)C1. The minimum Gasteiger partial charge on any atom is -0.330 e. The average Bonchev–Trinajstić information content (AvgIpc) is 3.14. The predicted octanol–water partition coefficient (Wildman–Crippen LogP) is 1.17. The number of amides is 1. The summed E-state index contributed by atoms with van der Waals surface area (Å²) in [4.78, 5) is 13.7. The molecule has 2 fully saturated rings. The maximum Gasteiger partial charge on any atom is 0.243 e. The third-order valence-corrected chi connectivity index (χ3v) is 6.73. The van der Waals surface area contributed by atoms with E-state index in [1.165, 1.54) is 4.31 Å². The second kappa shape index (κ2) is 5.89. The molecule has 0 spiro atoms. The van der Waals surface area contributed by atoms with Crippen LogP contribution in [0.4, 0.5) is 5.69 Å². The van der Waals surface area contributed by atoms with Crippen LogP contribution in [0.15, 0.2) is 29.2 Å². The zero-order valence-electron chi connectivity index (χ0n) is 13.4. The van der Waals surface area contributed by atoms with E-state index in [0.29, 0.717) is 32.6 Å². The molecule has 2 aliphatic heterocycles. The van der Waals surface area contributed by atoms with Gasteiger partial charge in [0.1, 0.15) is 0 Å². The number of nitrogens with two attached hydrogens (primary N) is 1. The lowest BCUT2D eigenvalue weighted by atomic mass is 9.90. The van der Waals surface area contributed by atoms with Gasteiger partial charge in [-0.1, -0.05) is 6.92 Å². The lowest BCUT2D eigenvalue weighted by Gasteiger charge is -2.22. The molecule has 23 heavy (non-hydrogen) atoms. The molecule has 126 valence electrons. The summed E-state index contributed by atoms with van der Waals surface area (Å²) >= 11 is 0. The van der Waals surface area contributed by atoms with Gasteiger partial charge < -0.3 is 10.6 Å². The van der Waals surface area contributed by atoms with Crippen LogP contribution in [-0.2, 0) is 14.8 Å². The number of carbonyl (C=O) groups is 1. The van der Waals surface area contributed by atoms with Gasteiger partial charge in [-0.25, -0.2) is 8.42 Å². The first kappa shape index (κ1) is 16.4. The maximum absolute atomic E-state index is 12.7. The van der Waals surface area contributed by atoms with Gasteiger partial charge in [0.05, 0.1) is 4.90 Å². The molecule has 7 heteroatoms. The molecule has 1 aromatic carbocycles. The molecule has 2 aliphatic rings. The van der Waals surface area contributed by atoms with Crippen LogP contribution < -0.4 is 10.6 Å². The van der Waals surface area contributed by atoms with Crippen molar-refractivity contribution in [1.29, 1.82) is 0 Å². The Labute approximate surface area is 137 Å². The van der Waals surface area contributed by atoms with E-state index < -0.39 is 10.0 Å². The van der Waals surface area contributed by atoms with Crippen molar-refractivity contribution in [3.8, 4) is 0 Å². The number of rotatable bonds is 4. The fourth-order valence-corrected chi connectivity index (χ4v) is 4.81. The van der Waals surface area contributed by atoms with Crippen LogP contribution in [0.2, 0.25) is 0 Å². The van der Waals surface area contributed by atoms with Crippen LogP contribution in [-0.4, -0.2) is 44.8 Å². The van der Waals surface area contributed by atoms with Crippen LogP contribution >= 0.6 is 0 Å². The van der Waals surface area contributed by atoms with E-state index in [1.807, 2.05) is 6.92 Å². The second-order valence-corrected chi connectivity index (χ2v) is 8.68. The van der Waals surface area contributed by atoms with Crippen LogP contribution in [0.25, 0.3) is 0 Å². The van der Waals surface area contributed by atoms with E-state index in [2.05, 4.69) is 0 Å². The Morgan fingerprint density at radius 3 is 2.43 bits per heavy atom. The fourth-order valence-electron chi connectivity index (χ4n) is 3.22. The molecule has 0 radical (unpaired) electrons. The highest BCUT2D eigenvalue weighted by molar-refractivity contribution is 7.89. The van der Waals surface area contributed by atoms with Crippen LogP contribution in [0.1, 0.15) is 26.2 Å². The molecule has 0 bridgehead atoms. The third kappa shape index (κ3) is 3.00. The zero-order chi connectivity index (χ0) is 16.7. The van der Waals surface area contributed by atoms with Gasteiger partial charge in [-0.05, 0) is 49.1 Å². The van der Waals surface area contributed by atoms with Crippen molar-refractivity contribution < 1.29 is 13.2 Å². The zero-order valence-corrected chi connectivity index (χ0v) is 14.2. The molecule has 3 rings (SSSR count). The molecule has 0 aliphatic carbocycles. The van der Waals surface area contributed by atoms with Gasteiger partial charge in [0.2, 0.25) is 15.9 Å². The highest BCUT2D eigenvalue weighted by atomic mass is 32.2. The minimum absolute atomic E-state index is 0.0962. The Kier molecular flexibility index (Phi) is 4.20. The summed E-state index contributed by atoms with van der Waals surface area (Å²) in [7, 11) is -3.50. The Morgan fingerprint density at radius 2 is 1.91 bits per heavy atom. The van der Waals surface area contributed by atoms with Crippen molar-refractivity contribution in [1.82, 2.24) is 4.31 Å². The topological polar surface area (TPSA) is 83.7 Å². The monoisotopic (exact) mass is 337 g/mol. The maximum atomic E-state index is 12.7. The van der Waals surface area contributed by atoms with Crippen LogP contribution in [0.3, 0.4) is 0 Å². The van der Waals surface area contributed by atoms with E-state index in [4.69, 9.17) is 5.73 Å². The minimum atomic E-state index is -3.50. The van der Waals surface area contributed by atoms with Crippen molar-refractivity contribution in [2.24, 2.45) is 11.1 Å². The largest absolute Gasteiger partial charge is 0.330 e. The number of nitrogens with zero attached hydrogens (tertiary/aromatic N) is 2. The first-order valence-electron chi connectivity index (χ1n) is 7.96. The molecule has 0 saturated carbocycles. The van der Waals surface area contributed by atoms with Crippen LogP contribution in [0.5, 0.6) is 0 Å². The van der Waals surface area contributed by atoms with Gasteiger partial charge in [0, 0.05) is 31.7 Å². The molecule has 1 amide bonds. The number of benzene rings is 1. The summed E-state index contributed by atoms with van der Waals surface area (Å²) in [6.07, 6.45) is 2.19. The van der Waals surface area contributed by atoms with Gasteiger partial charge in [0.25, 0.3) is 0 Å². The third-order valence-electron chi connectivity index (χ3n) is 4.88. The molecular weight excluding hydrogens is 314 g/mol. The smallest absolute Gasteiger partial charge is 0.243 e. The quantitative estimate of drug-likeness (QED) is 0.894. The van der Waals surface area contributed by atoms with Crippen molar-refractivity contribution in [3.05, 3.63) is 24.3 Å². The van der Waals surface area contributed by atoms with Gasteiger partial charge in [-0.15, -0.1) is 0 Å². The molecule has 2 heterocycles. The summed E-state index contributed by atoms with van der Waals surface area (Å²) < 4.78 is 27.0. The van der Waals surface area contributed by atoms with Gasteiger partial charge in [-0.3, -0.25) is 4.79 Å². The average molecular weight is 337 g/mol. The molecule has 6 nitrogen and oxygen atoms in total. The van der Waals surface area contributed by atoms with Crippen molar-refractivity contribution >= 4 is 21.6 Å². The molecule has 1 aromatic rings. The lowest BCUT2D eigenvalue weighted by molar-refractivity contribution is -0.117. The van der Waals surface area contributed by atoms with Gasteiger partial charge in [0.15, 0.2) is 0 Å². The van der Waals surface area contributed by atoms with E-state index in [0.717, 1.165) is 18.5 Å². The molecule has 1 unspecified atom stereocenters. The molecular formula is C16H23N3O3S. The summed E-state index contributed by atoms with van der Waals surface area (Å²) in [6.45, 7) is 4.16. The van der Waals surface area contributed by atoms with E-state index >= 15 is 0 Å². The predicted molar refractivity (Wildman–Crippen MR) is 88.6 cm³/mol. The normalized spacial score (nSPS) is 26.2. The Bertz CT molecular complexity index is 702. The molecule has 2 saturated heterocycles. The number of hydrogen-bond donors (Lipinski definition) is 1. The Morgan fingerprint density at radius 1 is 1.22 bits per heavy atom. The Hall–Kier alpha value is -1.44. The summed E-state index contributed by atoms with van der Waals surface area (Å²) in [5.74, 6) is 0.0962. The molecule has 0 aromatic heterocycles. The van der Waals surface area contributed by atoms with Gasteiger partial charge in [-0.2, -0.15) is 4.31 Å². The first-order valence-corrected chi connectivity index (χ1v) is 9.40. The first-order chi connectivity index (χ1) is 10.9.